The molecule has 48 heavy (non-hydrogen) atoms. The Kier molecular flexibility index (Phi) is 9.58. The minimum atomic E-state index is -1.26. The molecule has 0 aromatic carbocycles. The highest BCUT2D eigenvalue weighted by molar-refractivity contribution is 5.88. The fraction of sp³-hybridized carbons (Fsp3) is 0.800. The topological polar surface area (TPSA) is 134 Å². The zero-order valence-electron chi connectivity index (χ0n) is 31.1. The number of rotatable bonds is 6. The van der Waals surface area contributed by atoms with Gasteiger partial charge in [0.2, 0.25) is 0 Å². The quantitative estimate of drug-likeness (QED) is 0.152. The highest BCUT2D eigenvalue weighted by Gasteiger charge is 2.73. The number of aliphatic hydroxyl groups is 4. The number of hydrogen-bond acceptors (Lipinski definition) is 8. The summed E-state index contributed by atoms with van der Waals surface area (Å²) in [7, 11) is 0. The van der Waals surface area contributed by atoms with Crippen LogP contribution in [0.2, 0.25) is 0 Å². The van der Waals surface area contributed by atoms with Crippen LogP contribution in [0.5, 0.6) is 0 Å². The number of hydrogen-bond donors (Lipinski definition) is 4. The standard InChI is InChI=1S/C40H62O8/c1-11-23(3)33(45)47-22-37(8)27-15-18-38(9)28(36(27,7)17-16-29(37)42)14-13-25-26-19-35(5,6)32(48-34(46)24(4)12-2)31(44)40(26,21-41)30(43)20-39(25,38)10/h11-13,26-32,41-44H,14-22H2,1-10H3/b23-11+,24-12+/t26?,27?,28?,29-,30+,31-,32-,36-,37+,38+,39+,40-/m0/s1. The highest BCUT2D eigenvalue weighted by Crippen LogP contribution is 2.75. The number of ether oxygens (including phenoxy) is 2. The first-order chi connectivity index (χ1) is 22.2. The van der Waals surface area contributed by atoms with Gasteiger partial charge in [-0.05, 0) is 107 Å². The second-order valence-electron chi connectivity index (χ2n) is 17.9. The number of aliphatic hydroxyl groups excluding tert-OH is 4. The Morgan fingerprint density at radius 2 is 1.50 bits per heavy atom. The molecular weight excluding hydrogens is 608 g/mol. The Labute approximate surface area is 288 Å². The summed E-state index contributed by atoms with van der Waals surface area (Å²) in [6.45, 7) is 19.9. The zero-order valence-corrected chi connectivity index (χ0v) is 31.1. The molecule has 4 fully saturated rings. The lowest BCUT2D eigenvalue weighted by Crippen LogP contribution is -2.72. The average molecular weight is 671 g/mol. The third-order valence-electron chi connectivity index (χ3n) is 15.4. The summed E-state index contributed by atoms with van der Waals surface area (Å²) in [5, 5.41) is 46.9. The third kappa shape index (κ3) is 5.04. The Morgan fingerprint density at radius 3 is 2.10 bits per heavy atom. The second-order valence-corrected chi connectivity index (χ2v) is 17.9. The summed E-state index contributed by atoms with van der Waals surface area (Å²) in [4.78, 5) is 25.6. The molecule has 0 aromatic heterocycles. The van der Waals surface area contributed by atoms with Gasteiger partial charge < -0.3 is 29.9 Å². The van der Waals surface area contributed by atoms with Crippen LogP contribution in [0.4, 0.5) is 0 Å². The van der Waals surface area contributed by atoms with Crippen LogP contribution in [-0.2, 0) is 19.1 Å². The molecule has 12 atom stereocenters. The van der Waals surface area contributed by atoms with Crippen LogP contribution >= 0.6 is 0 Å². The van der Waals surface area contributed by atoms with E-state index in [4.69, 9.17) is 9.47 Å². The molecule has 0 aliphatic heterocycles. The van der Waals surface area contributed by atoms with E-state index < -0.39 is 58.7 Å². The molecule has 4 N–H and O–H groups in total. The maximum atomic E-state index is 12.9. The van der Waals surface area contributed by atoms with Gasteiger partial charge in [0.05, 0.1) is 30.8 Å². The van der Waals surface area contributed by atoms with Crippen LogP contribution in [0.1, 0.15) is 114 Å². The van der Waals surface area contributed by atoms with Crippen LogP contribution in [-0.4, -0.2) is 70.0 Å². The zero-order chi connectivity index (χ0) is 35.8. The van der Waals surface area contributed by atoms with Gasteiger partial charge in [0.25, 0.3) is 0 Å². The monoisotopic (exact) mass is 670 g/mol. The molecule has 0 saturated heterocycles. The summed E-state index contributed by atoms with van der Waals surface area (Å²) < 4.78 is 11.8. The lowest BCUT2D eigenvalue weighted by molar-refractivity contribution is -0.262. The number of esters is 2. The van der Waals surface area contributed by atoms with Gasteiger partial charge >= 0.3 is 11.9 Å². The maximum absolute atomic E-state index is 12.9. The van der Waals surface area contributed by atoms with Crippen molar-refractivity contribution in [2.24, 2.45) is 50.2 Å². The van der Waals surface area contributed by atoms with Crippen LogP contribution in [0.3, 0.4) is 0 Å². The predicted octanol–water partition coefficient (Wildman–Crippen LogP) is 6.06. The first-order valence-electron chi connectivity index (χ1n) is 18.2. The van der Waals surface area contributed by atoms with Gasteiger partial charge in [0, 0.05) is 22.0 Å². The molecule has 270 valence electrons. The van der Waals surface area contributed by atoms with Gasteiger partial charge in [-0.15, -0.1) is 0 Å². The molecule has 8 heteroatoms. The lowest BCUT2D eigenvalue weighted by Gasteiger charge is -2.72. The van der Waals surface area contributed by atoms with Crippen LogP contribution in [0.25, 0.3) is 0 Å². The van der Waals surface area contributed by atoms with E-state index in [0.717, 1.165) is 25.7 Å². The predicted molar refractivity (Wildman–Crippen MR) is 184 cm³/mol. The van der Waals surface area contributed by atoms with Gasteiger partial charge in [-0.25, -0.2) is 9.59 Å². The average Bonchev–Trinajstić information content (AvgIpc) is 3.03. The molecule has 0 aromatic rings. The van der Waals surface area contributed by atoms with Gasteiger partial charge in [-0.2, -0.15) is 0 Å². The van der Waals surface area contributed by atoms with E-state index in [-0.39, 0.29) is 41.2 Å². The van der Waals surface area contributed by atoms with E-state index >= 15 is 0 Å². The fourth-order valence-corrected chi connectivity index (χ4v) is 11.9. The largest absolute Gasteiger partial charge is 0.462 e. The van der Waals surface area contributed by atoms with Crippen molar-refractivity contribution in [1.29, 1.82) is 0 Å². The van der Waals surface area contributed by atoms with Gasteiger partial charge in [0.15, 0.2) is 0 Å². The second kappa shape index (κ2) is 12.3. The van der Waals surface area contributed by atoms with Crippen LogP contribution < -0.4 is 0 Å². The third-order valence-corrected chi connectivity index (χ3v) is 15.4. The first kappa shape index (κ1) is 37.3. The van der Waals surface area contributed by atoms with E-state index in [2.05, 4.69) is 33.8 Å². The van der Waals surface area contributed by atoms with Crippen molar-refractivity contribution in [3.8, 4) is 0 Å². The number of allylic oxidation sites excluding steroid dienone is 4. The molecule has 0 heterocycles. The summed E-state index contributed by atoms with van der Waals surface area (Å²) in [5.41, 5.74) is -0.994. The molecule has 0 amide bonds. The number of carbonyl (C=O) groups excluding carboxylic acids is 2. The first-order valence-corrected chi connectivity index (χ1v) is 18.2. The Balaban J connectivity index is 1.53. The molecule has 3 unspecified atom stereocenters. The van der Waals surface area contributed by atoms with Crippen LogP contribution in [0.15, 0.2) is 34.9 Å². The van der Waals surface area contributed by atoms with E-state index in [1.165, 1.54) is 5.57 Å². The molecule has 5 aliphatic carbocycles. The molecule has 8 nitrogen and oxygen atoms in total. The van der Waals surface area contributed by atoms with Gasteiger partial charge in [0.1, 0.15) is 12.2 Å². The molecular formula is C40H62O8. The molecule has 5 aliphatic rings. The SMILES string of the molecule is C/C=C(\C)C(=O)OC[C@]1(C)C2CC[C@]3(C)C(CC=C4C5CC(C)(C)[C@@H](OC(=O)/C(C)=C/C)[C@H](O)[C@]5(CO)[C@H](O)C[C@]43C)[C@@]2(C)CC[C@@H]1O. The lowest BCUT2D eigenvalue weighted by atomic mass is 9.33. The van der Waals surface area contributed by atoms with Crippen molar-refractivity contribution in [3.63, 3.8) is 0 Å². The van der Waals surface area contributed by atoms with Crippen molar-refractivity contribution in [3.05, 3.63) is 34.9 Å². The van der Waals surface area contributed by atoms with Gasteiger partial charge in [-0.3, -0.25) is 0 Å². The van der Waals surface area contributed by atoms with Crippen LogP contribution in [0, 0.1) is 50.2 Å². The minimum Gasteiger partial charge on any atom is -0.462 e. The fourth-order valence-electron chi connectivity index (χ4n) is 11.9. The normalized spacial score (nSPS) is 47.0. The van der Waals surface area contributed by atoms with Crippen molar-refractivity contribution < 1.29 is 39.5 Å². The molecule has 5 rings (SSSR count). The molecule has 4 saturated carbocycles. The summed E-state index contributed by atoms with van der Waals surface area (Å²) in [6.07, 6.45) is 7.07. The summed E-state index contributed by atoms with van der Waals surface area (Å²) >= 11 is 0. The molecule has 0 bridgehead atoms. The van der Waals surface area contributed by atoms with Gasteiger partial charge in [-0.1, -0.05) is 65.3 Å². The van der Waals surface area contributed by atoms with E-state index in [9.17, 15) is 30.0 Å². The van der Waals surface area contributed by atoms with Crippen molar-refractivity contribution >= 4 is 11.9 Å². The van der Waals surface area contributed by atoms with E-state index in [1.54, 1.807) is 32.9 Å². The summed E-state index contributed by atoms with van der Waals surface area (Å²) in [5.74, 6) is -0.738. The Bertz CT molecular complexity index is 1390. The minimum absolute atomic E-state index is 0.139. The summed E-state index contributed by atoms with van der Waals surface area (Å²) in [6, 6.07) is 0. The number of fused-ring (bicyclic) bond motifs is 7. The molecule has 0 spiro atoms. The maximum Gasteiger partial charge on any atom is 0.333 e. The Hall–Kier alpha value is -2.00. The Morgan fingerprint density at radius 1 is 0.875 bits per heavy atom. The highest BCUT2D eigenvalue weighted by atomic mass is 16.6. The number of carbonyl (C=O) groups is 2. The van der Waals surface area contributed by atoms with Crippen molar-refractivity contribution in [2.45, 2.75) is 139 Å². The van der Waals surface area contributed by atoms with E-state index in [1.807, 2.05) is 20.8 Å². The van der Waals surface area contributed by atoms with Crippen molar-refractivity contribution in [1.82, 2.24) is 0 Å². The smallest absolute Gasteiger partial charge is 0.333 e. The van der Waals surface area contributed by atoms with Crippen molar-refractivity contribution in [2.75, 3.05) is 13.2 Å². The van der Waals surface area contributed by atoms with E-state index in [0.29, 0.717) is 30.4 Å². The molecule has 0 radical (unpaired) electrons.